The van der Waals surface area contributed by atoms with Gasteiger partial charge >= 0.3 is 0 Å². The van der Waals surface area contributed by atoms with E-state index >= 15 is 0 Å². The number of nitrogens with one attached hydrogen (secondary N) is 1. The van der Waals surface area contributed by atoms with Crippen LogP contribution in [0.3, 0.4) is 0 Å². The monoisotopic (exact) mass is 313 g/mol. The summed E-state index contributed by atoms with van der Waals surface area (Å²) in [6.07, 6.45) is -0.525. The van der Waals surface area contributed by atoms with Crippen molar-refractivity contribution in [3.05, 3.63) is 28.2 Å². The second kappa shape index (κ2) is 5.74. The molecule has 0 aliphatic carbocycles. The average molecular weight is 314 g/mol. The molecule has 0 aromatic heterocycles. The van der Waals surface area contributed by atoms with Gasteiger partial charge in [0.05, 0.1) is 4.47 Å². The zero-order valence-corrected chi connectivity index (χ0v) is 13.1. The molecule has 0 aliphatic heterocycles. The van der Waals surface area contributed by atoms with Crippen LogP contribution in [0.15, 0.2) is 22.7 Å². The van der Waals surface area contributed by atoms with Crippen molar-refractivity contribution in [2.75, 3.05) is 0 Å². The first kappa shape index (κ1) is 15.0. The molecule has 100 valence electrons. The molecule has 0 radical (unpaired) electrons. The van der Waals surface area contributed by atoms with Crippen LogP contribution in [0.2, 0.25) is 0 Å². The summed E-state index contributed by atoms with van der Waals surface area (Å²) in [4.78, 5) is 11.9. The van der Waals surface area contributed by atoms with E-state index in [1.807, 2.05) is 45.9 Å². The van der Waals surface area contributed by atoms with Gasteiger partial charge in [0, 0.05) is 5.54 Å². The van der Waals surface area contributed by atoms with Gasteiger partial charge in [-0.2, -0.15) is 0 Å². The number of aryl methyl sites for hydroxylation is 1. The van der Waals surface area contributed by atoms with E-state index in [9.17, 15) is 4.79 Å². The van der Waals surface area contributed by atoms with Crippen LogP contribution in [0, 0.1) is 6.92 Å². The molecule has 0 heterocycles. The van der Waals surface area contributed by atoms with Crippen LogP contribution in [-0.2, 0) is 4.79 Å². The van der Waals surface area contributed by atoms with Gasteiger partial charge in [-0.1, -0.05) is 6.07 Å². The lowest BCUT2D eigenvalue weighted by Gasteiger charge is -2.24. The van der Waals surface area contributed by atoms with Crippen molar-refractivity contribution in [2.45, 2.75) is 46.3 Å². The van der Waals surface area contributed by atoms with Crippen LogP contribution < -0.4 is 10.1 Å². The summed E-state index contributed by atoms with van der Waals surface area (Å²) in [5, 5.41) is 2.89. The van der Waals surface area contributed by atoms with Crippen LogP contribution in [0.1, 0.15) is 33.3 Å². The number of amides is 1. The highest BCUT2D eigenvalue weighted by Gasteiger charge is 2.21. The predicted molar refractivity (Wildman–Crippen MR) is 76.9 cm³/mol. The molecule has 0 fully saturated rings. The Morgan fingerprint density at radius 2 is 2.00 bits per heavy atom. The zero-order chi connectivity index (χ0) is 13.9. The van der Waals surface area contributed by atoms with Gasteiger partial charge < -0.3 is 10.1 Å². The molecular weight excluding hydrogens is 294 g/mol. The number of carbonyl (C=O) groups is 1. The fraction of sp³-hybridized carbons (Fsp3) is 0.500. The van der Waals surface area contributed by atoms with E-state index in [0.717, 1.165) is 10.0 Å². The Bertz CT molecular complexity index is 438. The van der Waals surface area contributed by atoms with Gasteiger partial charge in [-0.15, -0.1) is 0 Å². The molecule has 1 amide bonds. The summed E-state index contributed by atoms with van der Waals surface area (Å²) < 4.78 is 6.51. The summed E-state index contributed by atoms with van der Waals surface area (Å²) >= 11 is 3.43. The van der Waals surface area contributed by atoms with E-state index in [0.29, 0.717) is 5.75 Å². The Morgan fingerprint density at radius 1 is 1.39 bits per heavy atom. The summed E-state index contributed by atoms with van der Waals surface area (Å²) in [5.74, 6) is 0.562. The predicted octanol–water partition coefficient (Wildman–Crippen LogP) is 3.44. The van der Waals surface area contributed by atoms with Crippen LogP contribution in [0.4, 0.5) is 0 Å². The molecule has 18 heavy (non-hydrogen) atoms. The Hall–Kier alpha value is -1.03. The quantitative estimate of drug-likeness (QED) is 0.928. The van der Waals surface area contributed by atoms with E-state index < -0.39 is 6.10 Å². The third kappa shape index (κ3) is 4.69. The molecule has 1 N–H and O–H groups in total. The smallest absolute Gasteiger partial charge is 0.261 e. The number of ether oxygens (including phenoxy) is 1. The lowest BCUT2D eigenvalue weighted by molar-refractivity contribution is -0.128. The van der Waals surface area contributed by atoms with Gasteiger partial charge in [0.2, 0.25) is 0 Å². The Balaban J connectivity index is 2.69. The van der Waals surface area contributed by atoms with E-state index in [1.165, 1.54) is 0 Å². The third-order valence-corrected chi connectivity index (χ3v) is 2.88. The molecule has 1 aromatic carbocycles. The first-order valence-corrected chi connectivity index (χ1v) is 6.73. The van der Waals surface area contributed by atoms with Crippen LogP contribution in [-0.4, -0.2) is 17.6 Å². The Labute approximate surface area is 117 Å². The Morgan fingerprint density at radius 3 is 2.50 bits per heavy atom. The maximum absolute atomic E-state index is 11.9. The summed E-state index contributed by atoms with van der Waals surface area (Å²) in [6.45, 7) is 9.58. The molecule has 1 unspecified atom stereocenters. The highest BCUT2D eigenvalue weighted by molar-refractivity contribution is 9.10. The van der Waals surface area contributed by atoms with E-state index in [1.54, 1.807) is 6.92 Å². The molecule has 0 saturated carbocycles. The molecule has 4 heteroatoms. The fourth-order valence-corrected chi connectivity index (χ4v) is 2.00. The molecule has 3 nitrogen and oxygen atoms in total. The zero-order valence-electron chi connectivity index (χ0n) is 11.5. The summed E-state index contributed by atoms with van der Waals surface area (Å²) in [6, 6.07) is 5.78. The van der Waals surface area contributed by atoms with Crippen molar-refractivity contribution in [2.24, 2.45) is 0 Å². The van der Waals surface area contributed by atoms with Gasteiger partial charge in [0.25, 0.3) is 5.91 Å². The summed E-state index contributed by atoms with van der Waals surface area (Å²) in [5.41, 5.74) is 0.889. The van der Waals surface area contributed by atoms with E-state index in [-0.39, 0.29) is 11.4 Å². The van der Waals surface area contributed by atoms with E-state index in [4.69, 9.17) is 4.74 Å². The van der Waals surface area contributed by atoms with Crippen molar-refractivity contribution in [1.29, 1.82) is 0 Å². The first-order valence-electron chi connectivity index (χ1n) is 5.94. The van der Waals surface area contributed by atoms with Gasteiger partial charge in [-0.05, 0) is 68.2 Å². The minimum atomic E-state index is -0.525. The second-order valence-electron chi connectivity index (χ2n) is 5.43. The van der Waals surface area contributed by atoms with Crippen LogP contribution in [0.5, 0.6) is 5.75 Å². The standard InChI is InChI=1S/C14H20BrNO2/c1-9-6-7-12(11(15)8-9)18-10(2)13(17)16-14(3,4)5/h6-8,10H,1-5H3,(H,16,17). The summed E-state index contributed by atoms with van der Waals surface area (Å²) in [7, 11) is 0. The first-order chi connectivity index (χ1) is 8.19. The topological polar surface area (TPSA) is 38.3 Å². The minimum Gasteiger partial charge on any atom is -0.480 e. The molecule has 1 atom stereocenters. The lowest BCUT2D eigenvalue weighted by Crippen LogP contribution is -2.46. The number of halogens is 1. The fourth-order valence-electron chi connectivity index (χ4n) is 1.42. The minimum absolute atomic E-state index is 0.116. The number of hydrogen-bond donors (Lipinski definition) is 1. The molecule has 0 spiro atoms. The maximum Gasteiger partial charge on any atom is 0.261 e. The molecule has 1 rings (SSSR count). The SMILES string of the molecule is Cc1ccc(OC(C)C(=O)NC(C)(C)C)c(Br)c1. The van der Waals surface area contributed by atoms with Crippen LogP contribution in [0.25, 0.3) is 0 Å². The van der Waals surface area contributed by atoms with E-state index in [2.05, 4.69) is 21.2 Å². The number of hydrogen-bond acceptors (Lipinski definition) is 2. The highest BCUT2D eigenvalue weighted by Crippen LogP contribution is 2.26. The highest BCUT2D eigenvalue weighted by atomic mass is 79.9. The van der Waals surface area contributed by atoms with Crippen molar-refractivity contribution >= 4 is 21.8 Å². The van der Waals surface area contributed by atoms with Gasteiger partial charge in [0.15, 0.2) is 6.10 Å². The number of benzene rings is 1. The number of rotatable bonds is 3. The lowest BCUT2D eigenvalue weighted by atomic mass is 10.1. The molecule has 0 saturated heterocycles. The molecule has 1 aromatic rings. The second-order valence-corrected chi connectivity index (χ2v) is 6.29. The molecular formula is C14H20BrNO2. The van der Waals surface area contributed by atoms with Gasteiger partial charge in [-0.3, -0.25) is 4.79 Å². The number of carbonyl (C=O) groups excluding carboxylic acids is 1. The Kier molecular flexibility index (Phi) is 4.79. The van der Waals surface area contributed by atoms with Crippen molar-refractivity contribution < 1.29 is 9.53 Å². The molecule has 0 bridgehead atoms. The average Bonchev–Trinajstić information content (AvgIpc) is 2.19. The largest absolute Gasteiger partial charge is 0.480 e. The third-order valence-electron chi connectivity index (χ3n) is 2.26. The maximum atomic E-state index is 11.9. The van der Waals surface area contributed by atoms with Crippen molar-refractivity contribution in [3.63, 3.8) is 0 Å². The van der Waals surface area contributed by atoms with Crippen molar-refractivity contribution in [3.8, 4) is 5.75 Å². The van der Waals surface area contributed by atoms with Gasteiger partial charge in [0.1, 0.15) is 5.75 Å². The van der Waals surface area contributed by atoms with Crippen molar-refractivity contribution in [1.82, 2.24) is 5.32 Å². The van der Waals surface area contributed by atoms with Crippen LogP contribution >= 0.6 is 15.9 Å². The van der Waals surface area contributed by atoms with Gasteiger partial charge in [-0.25, -0.2) is 0 Å². The molecule has 0 aliphatic rings. The normalized spacial score (nSPS) is 13.0.